The Morgan fingerprint density at radius 3 is 2.43 bits per heavy atom. The van der Waals surface area contributed by atoms with Crippen LogP contribution in [0.25, 0.3) is 0 Å². The fraction of sp³-hybridized carbons (Fsp3) is 0.462. The van der Waals surface area contributed by atoms with Gasteiger partial charge in [0.1, 0.15) is 17.2 Å². The van der Waals surface area contributed by atoms with Crippen LogP contribution in [0, 0.1) is 11.6 Å². The number of hydrogen-bond acceptors (Lipinski definition) is 3. The zero-order valence-electron chi connectivity index (χ0n) is 11.3. The average molecular weight is 385 g/mol. The molecule has 0 radical (unpaired) electrons. The quantitative estimate of drug-likeness (QED) is 0.832. The molecule has 0 aromatic heterocycles. The molecule has 21 heavy (non-hydrogen) atoms. The highest BCUT2D eigenvalue weighted by Crippen LogP contribution is 2.19. The van der Waals surface area contributed by atoms with E-state index in [9.17, 15) is 13.6 Å². The Bertz CT molecular complexity index is 475. The molecule has 1 aliphatic rings. The van der Waals surface area contributed by atoms with Crippen LogP contribution in [0.5, 0.6) is 0 Å². The number of halogens is 4. The van der Waals surface area contributed by atoms with Crippen molar-refractivity contribution < 1.29 is 13.6 Å². The summed E-state index contributed by atoms with van der Waals surface area (Å²) in [5, 5.41) is 5.78. The van der Waals surface area contributed by atoms with Crippen molar-refractivity contribution in [1.29, 1.82) is 0 Å². The molecule has 1 aliphatic heterocycles. The lowest BCUT2D eigenvalue weighted by Crippen LogP contribution is -2.46. The van der Waals surface area contributed by atoms with Crippen LogP contribution in [0.15, 0.2) is 16.6 Å². The SMILES string of the molecule is Cl.O=C(NCCN1CCNCC1)c1c(F)cc(Br)cc1F. The Labute approximate surface area is 136 Å². The maximum absolute atomic E-state index is 13.6. The van der Waals surface area contributed by atoms with Gasteiger partial charge in [-0.1, -0.05) is 15.9 Å². The number of carbonyl (C=O) groups excluding carboxylic acids is 1. The molecule has 0 saturated carbocycles. The highest BCUT2D eigenvalue weighted by atomic mass is 79.9. The number of piperazine rings is 1. The predicted octanol–water partition coefficient (Wildman–Crippen LogP) is 1.78. The molecule has 118 valence electrons. The van der Waals surface area contributed by atoms with Gasteiger partial charge in [-0.3, -0.25) is 9.69 Å². The minimum Gasteiger partial charge on any atom is -0.351 e. The fourth-order valence-corrected chi connectivity index (χ4v) is 2.51. The molecule has 1 saturated heterocycles. The van der Waals surface area contributed by atoms with Gasteiger partial charge in [-0.15, -0.1) is 12.4 Å². The zero-order chi connectivity index (χ0) is 14.5. The highest BCUT2D eigenvalue weighted by Gasteiger charge is 2.18. The smallest absolute Gasteiger partial charge is 0.257 e. The van der Waals surface area contributed by atoms with E-state index in [0.29, 0.717) is 13.1 Å². The van der Waals surface area contributed by atoms with E-state index in [4.69, 9.17) is 0 Å². The first-order valence-corrected chi connectivity index (χ1v) is 7.23. The van der Waals surface area contributed by atoms with Gasteiger partial charge in [0.25, 0.3) is 5.91 Å². The Kier molecular flexibility index (Phi) is 7.51. The van der Waals surface area contributed by atoms with Gasteiger partial charge < -0.3 is 10.6 Å². The van der Waals surface area contributed by atoms with Crippen LogP contribution in [0.4, 0.5) is 8.78 Å². The van der Waals surface area contributed by atoms with E-state index in [-0.39, 0.29) is 16.9 Å². The number of nitrogens with one attached hydrogen (secondary N) is 2. The third-order valence-corrected chi connectivity index (χ3v) is 3.61. The highest BCUT2D eigenvalue weighted by molar-refractivity contribution is 9.10. The summed E-state index contributed by atoms with van der Waals surface area (Å²) in [6.07, 6.45) is 0. The molecule has 0 aliphatic carbocycles. The molecule has 0 atom stereocenters. The van der Waals surface area contributed by atoms with Crippen molar-refractivity contribution in [3.63, 3.8) is 0 Å². The normalized spacial score (nSPS) is 15.4. The second-order valence-corrected chi connectivity index (χ2v) is 5.51. The summed E-state index contributed by atoms with van der Waals surface area (Å²) in [6, 6.07) is 2.16. The van der Waals surface area contributed by atoms with Crippen LogP contribution < -0.4 is 10.6 Å². The summed E-state index contributed by atoms with van der Waals surface area (Å²) in [4.78, 5) is 14.0. The molecule has 4 nitrogen and oxygen atoms in total. The van der Waals surface area contributed by atoms with Gasteiger partial charge in [-0.05, 0) is 12.1 Å². The molecule has 1 aromatic carbocycles. The van der Waals surface area contributed by atoms with E-state index < -0.39 is 23.1 Å². The van der Waals surface area contributed by atoms with Gasteiger partial charge in [0.2, 0.25) is 0 Å². The van der Waals surface area contributed by atoms with E-state index in [1.807, 2.05) is 0 Å². The summed E-state index contributed by atoms with van der Waals surface area (Å²) < 4.78 is 27.5. The van der Waals surface area contributed by atoms with Crippen LogP contribution in [-0.2, 0) is 0 Å². The number of amides is 1. The van der Waals surface area contributed by atoms with Crippen molar-refractivity contribution in [1.82, 2.24) is 15.5 Å². The van der Waals surface area contributed by atoms with E-state index >= 15 is 0 Å². The Balaban J connectivity index is 0.00000220. The molecule has 1 fully saturated rings. The van der Waals surface area contributed by atoms with Crippen molar-refractivity contribution >= 4 is 34.2 Å². The lowest BCUT2D eigenvalue weighted by molar-refractivity contribution is 0.0939. The molecule has 1 amide bonds. The van der Waals surface area contributed by atoms with Crippen LogP contribution in [0.2, 0.25) is 0 Å². The topological polar surface area (TPSA) is 44.4 Å². The first-order chi connectivity index (χ1) is 9.58. The maximum Gasteiger partial charge on any atom is 0.257 e. The van der Waals surface area contributed by atoms with Crippen LogP contribution in [0.3, 0.4) is 0 Å². The minimum absolute atomic E-state index is 0. The molecule has 0 unspecified atom stereocenters. The Morgan fingerprint density at radius 2 is 1.86 bits per heavy atom. The number of carbonyl (C=O) groups is 1. The fourth-order valence-electron chi connectivity index (χ4n) is 2.11. The second-order valence-electron chi connectivity index (χ2n) is 4.59. The Hall–Kier alpha value is -0.760. The number of hydrogen-bond donors (Lipinski definition) is 2. The van der Waals surface area contributed by atoms with Crippen LogP contribution in [-0.4, -0.2) is 50.1 Å². The summed E-state index contributed by atoms with van der Waals surface area (Å²) in [7, 11) is 0. The zero-order valence-corrected chi connectivity index (χ0v) is 13.7. The van der Waals surface area contributed by atoms with Crippen LogP contribution >= 0.6 is 28.3 Å². The average Bonchev–Trinajstić information content (AvgIpc) is 2.38. The molecule has 2 N–H and O–H groups in total. The third kappa shape index (κ3) is 5.18. The van der Waals surface area contributed by atoms with Crippen molar-refractivity contribution in [3.8, 4) is 0 Å². The molecule has 1 aromatic rings. The molecule has 8 heteroatoms. The number of rotatable bonds is 4. The van der Waals surface area contributed by atoms with Crippen molar-refractivity contribution in [2.24, 2.45) is 0 Å². The van der Waals surface area contributed by atoms with Crippen molar-refractivity contribution in [2.45, 2.75) is 0 Å². The Morgan fingerprint density at radius 1 is 1.29 bits per heavy atom. The standard InChI is InChI=1S/C13H16BrF2N3O.ClH/c14-9-7-10(15)12(11(16)8-9)13(20)18-3-6-19-4-1-17-2-5-19;/h7-8,17H,1-6H2,(H,18,20);1H. The van der Waals surface area contributed by atoms with Gasteiger partial charge >= 0.3 is 0 Å². The second kappa shape index (κ2) is 8.63. The van der Waals surface area contributed by atoms with E-state index in [2.05, 4.69) is 31.5 Å². The first kappa shape index (κ1) is 18.3. The molecule has 2 rings (SSSR count). The van der Waals surface area contributed by atoms with Gasteiger partial charge in [0.05, 0.1) is 0 Å². The predicted molar refractivity (Wildman–Crippen MR) is 82.9 cm³/mol. The minimum atomic E-state index is -0.864. The monoisotopic (exact) mass is 383 g/mol. The van der Waals surface area contributed by atoms with E-state index in [1.165, 1.54) is 0 Å². The molecular weight excluding hydrogens is 368 g/mol. The third-order valence-electron chi connectivity index (χ3n) is 3.16. The van der Waals surface area contributed by atoms with Gasteiger partial charge in [0.15, 0.2) is 0 Å². The van der Waals surface area contributed by atoms with Crippen LogP contribution in [0.1, 0.15) is 10.4 Å². The summed E-state index contributed by atoms with van der Waals surface area (Å²) in [6.45, 7) is 4.71. The lowest BCUT2D eigenvalue weighted by atomic mass is 10.2. The molecule has 0 spiro atoms. The number of nitrogens with zero attached hydrogens (tertiary/aromatic N) is 1. The van der Waals surface area contributed by atoms with Gasteiger partial charge in [0, 0.05) is 43.7 Å². The van der Waals surface area contributed by atoms with Gasteiger partial charge in [-0.25, -0.2) is 8.78 Å². The van der Waals surface area contributed by atoms with Gasteiger partial charge in [-0.2, -0.15) is 0 Å². The van der Waals surface area contributed by atoms with Crippen molar-refractivity contribution in [3.05, 3.63) is 33.8 Å². The lowest BCUT2D eigenvalue weighted by Gasteiger charge is -2.27. The van der Waals surface area contributed by atoms with Crippen molar-refractivity contribution in [2.75, 3.05) is 39.3 Å². The largest absolute Gasteiger partial charge is 0.351 e. The summed E-state index contributed by atoms with van der Waals surface area (Å²) >= 11 is 2.98. The maximum atomic E-state index is 13.6. The summed E-state index contributed by atoms with van der Waals surface area (Å²) in [5.41, 5.74) is -0.534. The number of benzene rings is 1. The molecule has 1 heterocycles. The molecular formula is C13H17BrClF2N3O. The van der Waals surface area contributed by atoms with E-state index in [1.54, 1.807) is 0 Å². The van der Waals surface area contributed by atoms with E-state index in [0.717, 1.165) is 38.3 Å². The molecule has 0 bridgehead atoms. The summed E-state index contributed by atoms with van der Waals surface area (Å²) in [5.74, 6) is -2.45. The first-order valence-electron chi connectivity index (χ1n) is 6.44.